The molecule has 4 rings (SSSR count). The van der Waals surface area contributed by atoms with E-state index >= 15 is 0 Å². The second-order valence-electron chi connectivity index (χ2n) is 5.69. The predicted molar refractivity (Wildman–Crippen MR) is 84.5 cm³/mol. The summed E-state index contributed by atoms with van der Waals surface area (Å²) in [6.45, 7) is 0. The molecule has 0 aromatic carbocycles. The van der Waals surface area contributed by atoms with Crippen LogP contribution in [-0.4, -0.2) is 30.6 Å². The van der Waals surface area contributed by atoms with Crippen LogP contribution in [0.1, 0.15) is 32.1 Å². The number of rotatable bonds is 3. The van der Waals surface area contributed by atoms with Crippen molar-refractivity contribution in [3.63, 3.8) is 0 Å². The highest BCUT2D eigenvalue weighted by Crippen LogP contribution is 2.21. The van der Waals surface area contributed by atoms with Crippen LogP contribution in [0.2, 0.25) is 0 Å². The molecule has 0 atom stereocenters. The van der Waals surface area contributed by atoms with E-state index in [4.69, 9.17) is 0 Å². The minimum atomic E-state index is 0.495. The number of anilines is 1. The van der Waals surface area contributed by atoms with Crippen LogP contribution in [0.5, 0.6) is 0 Å². The van der Waals surface area contributed by atoms with Crippen molar-refractivity contribution in [1.82, 2.24) is 24.6 Å². The number of hydrogen-bond acceptors (Lipinski definition) is 5. The smallest absolute Gasteiger partial charge is 0.223 e. The van der Waals surface area contributed by atoms with Gasteiger partial charge in [-0.15, -0.1) is 0 Å². The van der Waals surface area contributed by atoms with Gasteiger partial charge in [0.25, 0.3) is 0 Å². The summed E-state index contributed by atoms with van der Waals surface area (Å²) in [6.07, 6.45) is 11.7. The summed E-state index contributed by atoms with van der Waals surface area (Å²) in [6, 6.07) is 6.19. The van der Waals surface area contributed by atoms with Gasteiger partial charge in [-0.2, -0.15) is 5.10 Å². The number of aromatic nitrogens is 5. The molecule has 1 aliphatic rings. The fourth-order valence-corrected chi connectivity index (χ4v) is 2.96. The SMILES string of the molecule is c1cc(-c2ccn3nccc3n2)nc(NC2CCCCC2)n1. The summed E-state index contributed by atoms with van der Waals surface area (Å²) >= 11 is 0. The number of nitrogens with zero attached hydrogens (tertiary/aromatic N) is 5. The second-order valence-corrected chi connectivity index (χ2v) is 5.69. The molecule has 0 bridgehead atoms. The van der Waals surface area contributed by atoms with Gasteiger partial charge in [0.05, 0.1) is 17.6 Å². The van der Waals surface area contributed by atoms with Gasteiger partial charge in [0.15, 0.2) is 5.65 Å². The average molecular weight is 294 g/mol. The topological polar surface area (TPSA) is 68.0 Å². The van der Waals surface area contributed by atoms with E-state index in [0.29, 0.717) is 12.0 Å². The maximum Gasteiger partial charge on any atom is 0.223 e. The number of hydrogen-bond donors (Lipinski definition) is 1. The normalized spacial score (nSPS) is 16.0. The lowest BCUT2D eigenvalue weighted by Crippen LogP contribution is -2.23. The molecule has 0 aliphatic heterocycles. The van der Waals surface area contributed by atoms with E-state index in [9.17, 15) is 0 Å². The highest BCUT2D eigenvalue weighted by molar-refractivity contribution is 5.58. The molecule has 0 radical (unpaired) electrons. The molecule has 0 saturated heterocycles. The molecular formula is C16H18N6. The van der Waals surface area contributed by atoms with Crippen molar-refractivity contribution in [2.24, 2.45) is 0 Å². The molecular weight excluding hydrogens is 276 g/mol. The molecule has 1 fully saturated rings. The van der Waals surface area contributed by atoms with Crippen molar-refractivity contribution in [1.29, 1.82) is 0 Å². The molecule has 22 heavy (non-hydrogen) atoms. The van der Waals surface area contributed by atoms with Crippen LogP contribution in [0.25, 0.3) is 17.0 Å². The molecule has 1 N–H and O–H groups in total. The molecule has 112 valence electrons. The first-order chi connectivity index (χ1) is 10.9. The van der Waals surface area contributed by atoms with Crippen LogP contribution >= 0.6 is 0 Å². The Balaban J connectivity index is 1.60. The van der Waals surface area contributed by atoms with Gasteiger partial charge in [0.1, 0.15) is 0 Å². The summed E-state index contributed by atoms with van der Waals surface area (Å²) in [4.78, 5) is 13.5. The zero-order valence-corrected chi connectivity index (χ0v) is 12.3. The average Bonchev–Trinajstić information content (AvgIpc) is 3.04. The van der Waals surface area contributed by atoms with E-state index < -0.39 is 0 Å². The lowest BCUT2D eigenvalue weighted by Gasteiger charge is -2.22. The standard InChI is InChI=1S/C16H18N6/c1-2-4-12(5-3-1)19-16-17-9-6-13(21-16)14-8-11-22-15(20-14)7-10-18-22/h6-12H,1-5H2,(H,17,19,21). The van der Waals surface area contributed by atoms with Crippen molar-refractivity contribution in [2.75, 3.05) is 5.32 Å². The molecule has 3 aromatic rings. The van der Waals surface area contributed by atoms with Gasteiger partial charge in [0, 0.05) is 24.5 Å². The third kappa shape index (κ3) is 2.64. The summed E-state index contributed by atoms with van der Waals surface area (Å²) in [7, 11) is 0. The van der Waals surface area contributed by atoms with Crippen LogP contribution in [-0.2, 0) is 0 Å². The van der Waals surface area contributed by atoms with Crippen molar-refractivity contribution >= 4 is 11.6 Å². The summed E-state index contributed by atoms with van der Waals surface area (Å²) in [5, 5.41) is 7.61. The van der Waals surface area contributed by atoms with Crippen LogP contribution in [0, 0.1) is 0 Å². The van der Waals surface area contributed by atoms with Crippen LogP contribution in [0.3, 0.4) is 0 Å². The third-order valence-electron chi connectivity index (χ3n) is 4.11. The van der Waals surface area contributed by atoms with Gasteiger partial charge >= 0.3 is 0 Å². The van der Waals surface area contributed by atoms with Crippen LogP contribution in [0.15, 0.2) is 36.8 Å². The highest BCUT2D eigenvalue weighted by Gasteiger charge is 2.14. The fraction of sp³-hybridized carbons (Fsp3) is 0.375. The molecule has 0 amide bonds. The van der Waals surface area contributed by atoms with E-state index in [-0.39, 0.29) is 0 Å². The Labute approximate surface area is 128 Å². The number of nitrogens with one attached hydrogen (secondary N) is 1. The summed E-state index contributed by atoms with van der Waals surface area (Å²) in [5.41, 5.74) is 2.48. The Kier molecular flexibility index (Phi) is 3.42. The fourth-order valence-electron chi connectivity index (χ4n) is 2.96. The van der Waals surface area contributed by atoms with E-state index in [1.54, 1.807) is 16.9 Å². The first-order valence-electron chi connectivity index (χ1n) is 7.79. The van der Waals surface area contributed by atoms with Gasteiger partial charge in [-0.1, -0.05) is 19.3 Å². The quantitative estimate of drug-likeness (QED) is 0.804. The maximum atomic E-state index is 4.61. The Bertz CT molecular complexity index is 775. The third-order valence-corrected chi connectivity index (χ3v) is 4.11. The maximum absolute atomic E-state index is 4.61. The van der Waals surface area contributed by atoms with E-state index in [0.717, 1.165) is 17.0 Å². The van der Waals surface area contributed by atoms with Crippen molar-refractivity contribution in [3.05, 3.63) is 36.8 Å². The van der Waals surface area contributed by atoms with Crippen molar-refractivity contribution < 1.29 is 0 Å². The molecule has 0 unspecified atom stereocenters. The van der Waals surface area contributed by atoms with Gasteiger partial charge in [0.2, 0.25) is 5.95 Å². The molecule has 6 nitrogen and oxygen atoms in total. The van der Waals surface area contributed by atoms with Crippen LogP contribution < -0.4 is 5.32 Å². The van der Waals surface area contributed by atoms with Crippen molar-refractivity contribution in [2.45, 2.75) is 38.1 Å². The van der Waals surface area contributed by atoms with Gasteiger partial charge in [-0.05, 0) is 25.0 Å². The van der Waals surface area contributed by atoms with Gasteiger partial charge in [-0.25, -0.2) is 19.5 Å². The van der Waals surface area contributed by atoms with Crippen molar-refractivity contribution in [3.8, 4) is 11.4 Å². The first-order valence-corrected chi connectivity index (χ1v) is 7.79. The molecule has 1 saturated carbocycles. The molecule has 3 heterocycles. The Morgan fingerprint density at radius 1 is 0.955 bits per heavy atom. The van der Waals surface area contributed by atoms with E-state index in [1.807, 2.05) is 24.4 Å². The van der Waals surface area contributed by atoms with Crippen LogP contribution in [0.4, 0.5) is 5.95 Å². The highest BCUT2D eigenvalue weighted by atomic mass is 15.2. The zero-order valence-electron chi connectivity index (χ0n) is 12.3. The lowest BCUT2D eigenvalue weighted by molar-refractivity contribution is 0.461. The van der Waals surface area contributed by atoms with Gasteiger partial charge in [-0.3, -0.25) is 0 Å². The Morgan fingerprint density at radius 3 is 2.73 bits per heavy atom. The second kappa shape index (κ2) is 5.71. The number of fused-ring (bicyclic) bond motifs is 1. The largest absolute Gasteiger partial charge is 0.351 e. The lowest BCUT2D eigenvalue weighted by atomic mass is 9.96. The molecule has 0 spiro atoms. The minimum absolute atomic E-state index is 0.495. The zero-order chi connectivity index (χ0) is 14.8. The Morgan fingerprint density at radius 2 is 1.82 bits per heavy atom. The molecule has 3 aromatic heterocycles. The van der Waals surface area contributed by atoms with E-state index in [1.165, 1.54) is 32.1 Å². The minimum Gasteiger partial charge on any atom is -0.351 e. The molecule has 1 aliphatic carbocycles. The van der Waals surface area contributed by atoms with E-state index in [2.05, 4.69) is 25.4 Å². The monoisotopic (exact) mass is 294 g/mol. The Hall–Kier alpha value is -2.50. The summed E-state index contributed by atoms with van der Waals surface area (Å²) < 4.78 is 1.74. The van der Waals surface area contributed by atoms with Gasteiger partial charge < -0.3 is 5.32 Å². The molecule has 6 heteroatoms. The summed E-state index contributed by atoms with van der Waals surface area (Å²) in [5.74, 6) is 0.694. The first kappa shape index (κ1) is 13.2. The predicted octanol–water partition coefficient (Wildman–Crippen LogP) is 2.93.